The van der Waals surface area contributed by atoms with Gasteiger partial charge in [0.1, 0.15) is 5.69 Å². The molecule has 0 fully saturated rings. The average Bonchev–Trinajstić information content (AvgIpc) is 2.78. The lowest BCUT2D eigenvalue weighted by Gasteiger charge is -2.08. The number of nitrogens with two attached hydrogens (primary N) is 1. The zero-order valence-corrected chi connectivity index (χ0v) is 9.16. The Balaban J connectivity index is 2.27. The second-order valence-electron chi connectivity index (χ2n) is 3.82. The largest absolute Gasteiger partial charge is 0.337 e. The van der Waals surface area contributed by atoms with Crippen molar-refractivity contribution in [2.75, 3.05) is 0 Å². The topological polar surface area (TPSA) is 90.7 Å². The van der Waals surface area contributed by atoms with Crippen LogP contribution < -0.4 is 5.73 Å². The van der Waals surface area contributed by atoms with Gasteiger partial charge in [0.25, 0.3) is 0 Å². The molecule has 0 aliphatic rings. The first-order valence-electron chi connectivity index (χ1n) is 5.04. The van der Waals surface area contributed by atoms with Gasteiger partial charge in [0.15, 0.2) is 0 Å². The Morgan fingerprint density at radius 3 is 2.75 bits per heavy atom. The highest BCUT2D eigenvalue weighted by atomic mass is 16.5. The fourth-order valence-electron chi connectivity index (χ4n) is 1.17. The Morgan fingerprint density at radius 2 is 2.12 bits per heavy atom. The normalized spacial score (nSPS) is 13.0. The van der Waals surface area contributed by atoms with E-state index in [-0.39, 0.29) is 12.0 Å². The minimum Gasteiger partial charge on any atom is -0.337 e. The fraction of sp³-hybridized carbons (Fsp3) is 0.400. The first kappa shape index (κ1) is 10.7. The predicted molar refractivity (Wildman–Crippen MR) is 57.1 cm³/mol. The zero-order valence-electron chi connectivity index (χ0n) is 9.16. The van der Waals surface area contributed by atoms with Gasteiger partial charge in [-0.1, -0.05) is 19.0 Å². The van der Waals surface area contributed by atoms with Crippen LogP contribution in [-0.2, 0) is 0 Å². The van der Waals surface area contributed by atoms with Crippen molar-refractivity contribution in [2.45, 2.75) is 19.9 Å². The number of rotatable bonds is 3. The van der Waals surface area contributed by atoms with Crippen LogP contribution in [0, 0.1) is 5.92 Å². The summed E-state index contributed by atoms with van der Waals surface area (Å²) in [5.41, 5.74) is 6.47. The molecule has 0 amide bonds. The van der Waals surface area contributed by atoms with E-state index in [0.29, 0.717) is 17.4 Å². The van der Waals surface area contributed by atoms with E-state index >= 15 is 0 Å². The van der Waals surface area contributed by atoms with E-state index in [1.54, 1.807) is 18.6 Å². The maximum atomic E-state index is 5.90. The minimum atomic E-state index is -0.252. The number of aromatic nitrogens is 4. The number of hydrogen-bond donors (Lipinski definition) is 1. The lowest BCUT2D eigenvalue weighted by molar-refractivity contribution is 0.325. The van der Waals surface area contributed by atoms with E-state index in [1.165, 1.54) is 0 Å². The molecule has 0 saturated heterocycles. The molecule has 1 atom stereocenters. The highest BCUT2D eigenvalue weighted by Crippen LogP contribution is 2.19. The van der Waals surface area contributed by atoms with E-state index in [4.69, 9.17) is 10.3 Å². The van der Waals surface area contributed by atoms with Crippen LogP contribution in [0.3, 0.4) is 0 Å². The summed E-state index contributed by atoms with van der Waals surface area (Å²) in [6, 6.07) is -0.252. The van der Waals surface area contributed by atoms with E-state index in [1.807, 2.05) is 13.8 Å². The van der Waals surface area contributed by atoms with Crippen molar-refractivity contribution in [3.05, 3.63) is 24.5 Å². The van der Waals surface area contributed by atoms with E-state index < -0.39 is 0 Å². The summed E-state index contributed by atoms with van der Waals surface area (Å²) in [4.78, 5) is 12.2. The molecule has 6 heteroatoms. The Hall–Kier alpha value is -1.82. The van der Waals surface area contributed by atoms with Gasteiger partial charge in [0.05, 0.1) is 12.2 Å². The fourth-order valence-corrected chi connectivity index (χ4v) is 1.17. The minimum absolute atomic E-state index is 0.246. The molecule has 0 aliphatic heterocycles. The Labute approximate surface area is 92.9 Å². The standard InChI is InChI=1S/C10H13N5O/c1-6(2)8(11)10-14-9(15-16-10)7-5-12-3-4-13-7/h3-6,8H,11H2,1-2H3. The van der Waals surface area contributed by atoms with Crippen molar-refractivity contribution in [3.63, 3.8) is 0 Å². The summed E-state index contributed by atoms with van der Waals surface area (Å²) < 4.78 is 5.09. The first-order valence-corrected chi connectivity index (χ1v) is 5.04. The van der Waals surface area contributed by atoms with Crippen molar-refractivity contribution in [1.29, 1.82) is 0 Å². The molecule has 0 saturated carbocycles. The first-order chi connectivity index (χ1) is 7.68. The van der Waals surface area contributed by atoms with Gasteiger partial charge >= 0.3 is 0 Å². The van der Waals surface area contributed by atoms with E-state index in [9.17, 15) is 0 Å². The van der Waals surface area contributed by atoms with Crippen molar-refractivity contribution in [1.82, 2.24) is 20.1 Å². The van der Waals surface area contributed by atoms with E-state index in [2.05, 4.69) is 20.1 Å². The van der Waals surface area contributed by atoms with Crippen LogP contribution >= 0.6 is 0 Å². The molecule has 0 bridgehead atoms. The molecular formula is C10H13N5O. The molecule has 2 N–H and O–H groups in total. The predicted octanol–water partition coefficient (Wildman–Crippen LogP) is 1.18. The van der Waals surface area contributed by atoms with E-state index in [0.717, 1.165) is 0 Å². The highest BCUT2D eigenvalue weighted by Gasteiger charge is 2.18. The molecule has 0 aromatic carbocycles. The second kappa shape index (κ2) is 4.36. The molecule has 0 aliphatic carbocycles. The van der Waals surface area contributed by atoms with Crippen molar-refractivity contribution < 1.29 is 4.52 Å². The molecule has 0 radical (unpaired) electrons. The van der Waals surface area contributed by atoms with Crippen LogP contribution in [-0.4, -0.2) is 20.1 Å². The van der Waals surface area contributed by atoms with Gasteiger partial charge < -0.3 is 10.3 Å². The van der Waals surface area contributed by atoms with Crippen LogP contribution in [0.4, 0.5) is 0 Å². The van der Waals surface area contributed by atoms with Gasteiger partial charge in [-0.25, -0.2) is 4.98 Å². The second-order valence-corrected chi connectivity index (χ2v) is 3.82. The molecule has 0 spiro atoms. The van der Waals surface area contributed by atoms with Gasteiger partial charge in [0, 0.05) is 12.4 Å². The molecule has 2 aromatic heterocycles. The zero-order chi connectivity index (χ0) is 11.5. The Morgan fingerprint density at radius 1 is 1.31 bits per heavy atom. The molecular weight excluding hydrogens is 206 g/mol. The van der Waals surface area contributed by atoms with Crippen molar-refractivity contribution in [2.24, 2.45) is 11.7 Å². The third-order valence-corrected chi connectivity index (χ3v) is 2.24. The molecule has 6 nitrogen and oxygen atoms in total. The molecule has 2 aromatic rings. The van der Waals surface area contributed by atoms with Crippen LogP contribution in [0.5, 0.6) is 0 Å². The summed E-state index contributed by atoms with van der Waals surface area (Å²) in [5.74, 6) is 1.09. The highest BCUT2D eigenvalue weighted by molar-refractivity contribution is 5.45. The summed E-state index contributed by atoms with van der Waals surface area (Å²) in [6.07, 6.45) is 4.74. The SMILES string of the molecule is CC(C)C(N)c1nc(-c2cnccn2)no1. The smallest absolute Gasteiger partial charge is 0.244 e. The van der Waals surface area contributed by atoms with Crippen molar-refractivity contribution >= 4 is 0 Å². The third kappa shape index (κ3) is 2.06. The van der Waals surface area contributed by atoms with Gasteiger partial charge in [0.2, 0.25) is 11.7 Å². The molecule has 2 heterocycles. The molecule has 16 heavy (non-hydrogen) atoms. The van der Waals surface area contributed by atoms with Gasteiger partial charge in [-0.2, -0.15) is 4.98 Å². The number of hydrogen-bond acceptors (Lipinski definition) is 6. The monoisotopic (exact) mass is 219 g/mol. The molecule has 2 rings (SSSR count). The van der Waals surface area contributed by atoms with Gasteiger partial charge in [-0.3, -0.25) is 4.98 Å². The summed E-state index contributed by atoms with van der Waals surface area (Å²) in [5, 5.41) is 3.82. The lowest BCUT2D eigenvalue weighted by atomic mass is 10.1. The molecule has 1 unspecified atom stereocenters. The van der Waals surface area contributed by atoms with Crippen molar-refractivity contribution in [3.8, 4) is 11.5 Å². The Bertz CT molecular complexity index is 453. The summed E-state index contributed by atoms with van der Waals surface area (Å²) in [6.45, 7) is 3.99. The van der Waals surface area contributed by atoms with Gasteiger partial charge in [-0.15, -0.1) is 0 Å². The van der Waals surface area contributed by atoms with Crippen LogP contribution in [0.1, 0.15) is 25.8 Å². The Kier molecular flexibility index (Phi) is 2.91. The summed E-state index contributed by atoms with van der Waals surface area (Å²) >= 11 is 0. The van der Waals surface area contributed by atoms with Crippen LogP contribution in [0.15, 0.2) is 23.1 Å². The lowest BCUT2D eigenvalue weighted by Crippen LogP contribution is -2.16. The van der Waals surface area contributed by atoms with Crippen LogP contribution in [0.2, 0.25) is 0 Å². The van der Waals surface area contributed by atoms with Gasteiger partial charge in [-0.05, 0) is 5.92 Å². The number of nitrogens with zero attached hydrogens (tertiary/aromatic N) is 4. The van der Waals surface area contributed by atoms with Crippen LogP contribution in [0.25, 0.3) is 11.5 Å². The maximum absolute atomic E-state index is 5.90. The molecule has 84 valence electrons. The average molecular weight is 219 g/mol. The third-order valence-electron chi connectivity index (χ3n) is 2.24. The summed E-state index contributed by atoms with van der Waals surface area (Å²) in [7, 11) is 0. The quantitative estimate of drug-likeness (QED) is 0.833. The maximum Gasteiger partial charge on any atom is 0.244 e.